The Labute approximate surface area is 221 Å². The molecule has 3 rings (SSSR count). The fourth-order valence-electron chi connectivity index (χ4n) is 2.99. The maximum atomic E-state index is 12.8. The van der Waals surface area contributed by atoms with Crippen LogP contribution in [0.5, 0.6) is 5.75 Å². The normalized spacial score (nSPS) is 14.5. The Kier molecular flexibility index (Phi) is 8.80. The van der Waals surface area contributed by atoms with Crippen LogP contribution < -0.4 is 10.1 Å². The number of carbonyl (C=O) groups excluding carboxylic acids is 4. The summed E-state index contributed by atoms with van der Waals surface area (Å²) in [7, 11) is 1.49. The van der Waals surface area contributed by atoms with Crippen molar-refractivity contribution in [3.63, 3.8) is 0 Å². The molecule has 0 radical (unpaired) electrons. The molecule has 34 heavy (non-hydrogen) atoms. The maximum Gasteiger partial charge on any atom is 0.339 e. The molecule has 1 aliphatic rings. The summed E-state index contributed by atoms with van der Waals surface area (Å²) in [6.45, 7) is 1.33. The van der Waals surface area contributed by atoms with Crippen LogP contribution in [0.2, 0.25) is 5.02 Å². The highest BCUT2D eigenvalue weighted by Gasteiger charge is 2.36. The number of rotatable bonds is 7. The van der Waals surface area contributed by atoms with E-state index in [0.29, 0.717) is 15.8 Å². The van der Waals surface area contributed by atoms with E-state index in [-0.39, 0.29) is 27.8 Å². The molecule has 8 nitrogen and oxygen atoms in total. The lowest BCUT2D eigenvalue weighted by Gasteiger charge is -2.13. The standard InChI is InChI=1S/C22H17Br2ClN2O6S/c1-3-33-21(30)14-9-13(4-5-16(14)25)26-18(28)10-27-20(29)17(34-22(27)31)7-11-6-12(23)8-15(24)19(11)32-2/h4-9H,3,10H2,1-2H3,(H,26,28)/b17-7+. The van der Waals surface area contributed by atoms with Crippen LogP contribution in [-0.4, -0.2) is 48.2 Å². The monoisotopic (exact) mass is 630 g/mol. The molecule has 1 N–H and O–H groups in total. The number of thioether (sulfide) groups is 1. The van der Waals surface area contributed by atoms with E-state index in [1.54, 1.807) is 19.1 Å². The molecule has 1 saturated heterocycles. The van der Waals surface area contributed by atoms with E-state index in [9.17, 15) is 19.2 Å². The average Bonchev–Trinajstić information content (AvgIpc) is 3.02. The number of amides is 3. The smallest absolute Gasteiger partial charge is 0.339 e. The predicted octanol–water partition coefficient (Wildman–Crippen LogP) is 5.73. The van der Waals surface area contributed by atoms with E-state index in [1.807, 2.05) is 0 Å². The van der Waals surface area contributed by atoms with E-state index < -0.39 is 29.6 Å². The molecule has 2 aromatic rings. The molecule has 0 unspecified atom stereocenters. The van der Waals surface area contributed by atoms with Gasteiger partial charge in [0.25, 0.3) is 11.1 Å². The third kappa shape index (κ3) is 6.01. The predicted molar refractivity (Wildman–Crippen MR) is 137 cm³/mol. The van der Waals surface area contributed by atoms with Gasteiger partial charge in [-0.05, 0) is 71.0 Å². The molecule has 3 amide bonds. The quantitative estimate of drug-likeness (QED) is 0.308. The van der Waals surface area contributed by atoms with Crippen LogP contribution in [-0.2, 0) is 14.3 Å². The van der Waals surface area contributed by atoms with Crippen molar-refractivity contribution < 1.29 is 28.7 Å². The third-order valence-corrected chi connectivity index (χ3v) is 6.73. The summed E-state index contributed by atoms with van der Waals surface area (Å²) < 4.78 is 11.7. The number of nitrogens with zero attached hydrogens (tertiary/aromatic N) is 1. The zero-order chi connectivity index (χ0) is 25.0. The van der Waals surface area contributed by atoms with E-state index in [2.05, 4.69) is 37.2 Å². The van der Waals surface area contributed by atoms with Crippen molar-refractivity contribution in [2.45, 2.75) is 6.92 Å². The fraction of sp³-hybridized carbons (Fsp3) is 0.182. The van der Waals surface area contributed by atoms with Crippen LogP contribution in [0.1, 0.15) is 22.8 Å². The van der Waals surface area contributed by atoms with Crippen molar-refractivity contribution >= 4 is 90.0 Å². The second-order valence-corrected chi connectivity index (χ2v) is 9.91. The second-order valence-electron chi connectivity index (χ2n) is 6.74. The Hall–Kier alpha value is -2.34. The molecule has 1 fully saturated rings. The first-order valence-electron chi connectivity index (χ1n) is 9.69. The van der Waals surface area contributed by atoms with Crippen LogP contribution in [0, 0.1) is 0 Å². The van der Waals surface area contributed by atoms with Crippen molar-refractivity contribution in [1.29, 1.82) is 0 Å². The van der Waals surface area contributed by atoms with Gasteiger partial charge >= 0.3 is 5.97 Å². The van der Waals surface area contributed by atoms with Gasteiger partial charge in [0, 0.05) is 15.7 Å². The minimum Gasteiger partial charge on any atom is -0.495 e. The molecule has 0 bridgehead atoms. The van der Waals surface area contributed by atoms with Crippen LogP contribution in [0.4, 0.5) is 10.5 Å². The lowest BCUT2D eigenvalue weighted by molar-refractivity contribution is -0.127. The summed E-state index contributed by atoms with van der Waals surface area (Å²) in [4.78, 5) is 50.8. The SMILES string of the molecule is CCOC(=O)c1cc(NC(=O)CN2C(=O)S/C(=C/c3cc(Br)cc(Br)c3OC)C2=O)ccc1Cl. The van der Waals surface area contributed by atoms with Gasteiger partial charge in [-0.15, -0.1) is 0 Å². The number of benzene rings is 2. The number of methoxy groups -OCH3 is 1. The van der Waals surface area contributed by atoms with Gasteiger partial charge in [0.05, 0.1) is 33.7 Å². The zero-order valence-electron chi connectivity index (χ0n) is 17.8. The van der Waals surface area contributed by atoms with Gasteiger partial charge in [0.15, 0.2) is 0 Å². The first-order chi connectivity index (χ1) is 16.1. The van der Waals surface area contributed by atoms with Crippen LogP contribution in [0.3, 0.4) is 0 Å². The number of imide groups is 1. The van der Waals surface area contributed by atoms with E-state index >= 15 is 0 Å². The van der Waals surface area contributed by atoms with Crippen molar-refractivity contribution in [3.8, 4) is 5.75 Å². The fourth-order valence-corrected chi connectivity index (χ4v) is 5.44. The summed E-state index contributed by atoms with van der Waals surface area (Å²) in [5, 5.41) is 2.15. The Bertz CT molecular complexity index is 1220. The van der Waals surface area contributed by atoms with Gasteiger partial charge < -0.3 is 14.8 Å². The summed E-state index contributed by atoms with van der Waals surface area (Å²) in [5.41, 5.74) is 0.930. The minimum atomic E-state index is -0.630. The van der Waals surface area contributed by atoms with Crippen molar-refractivity contribution in [3.05, 3.63) is 60.3 Å². The van der Waals surface area contributed by atoms with Gasteiger partial charge in [0.1, 0.15) is 12.3 Å². The van der Waals surface area contributed by atoms with Crippen molar-refractivity contribution in [1.82, 2.24) is 4.90 Å². The molecule has 1 aliphatic heterocycles. The lowest BCUT2D eigenvalue weighted by atomic mass is 10.2. The molecule has 178 valence electrons. The van der Waals surface area contributed by atoms with E-state index in [4.69, 9.17) is 21.1 Å². The molecule has 0 aliphatic carbocycles. The Morgan fingerprint density at radius 1 is 1.21 bits per heavy atom. The minimum absolute atomic E-state index is 0.0875. The molecule has 0 aromatic heterocycles. The maximum absolute atomic E-state index is 12.8. The number of anilines is 1. The highest BCUT2D eigenvalue weighted by molar-refractivity contribution is 9.11. The van der Waals surface area contributed by atoms with E-state index in [0.717, 1.165) is 21.1 Å². The molecule has 0 atom stereocenters. The number of hydrogen-bond donors (Lipinski definition) is 1. The molecular formula is C22H17Br2ClN2O6S. The molecule has 0 saturated carbocycles. The number of halogens is 3. The second kappa shape index (κ2) is 11.4. The number of ether oxygens (including phenoxy) is 2. The molecule has 2 aromatic carbocycles. The molecule has 1 heterocycles. The number of carbonyl (C=O) groups is 4. The topological polar surface area (TPSA) is 102 Å². The number of hydrogen-bond acceptors (Lipinski definition) is 7. The first-order valence-corrected chi connectivity index (χ1v) is 12.5. The van der Waals surface area contributed by atoms with Gasteiger partial charge in [-0.1, -0.05) is 27.5 Å². The first kappa shape index (κ1) is 26.3. The van der Waals surface area contributed by atoms with Gasteiger partial charge in [0.2, 0.25) is 5.91 Å². The largest absolute Gasteiger partial charge is 0.495 e. The van der Waals surface area contributed by atoms with Crippen LogP contribution in [0.15, 0.2) is 44.2 Å². The summed E-state index contributed by atoms with van der Waals surface area (Å²) in [5.74, 6) is -1.36. The van der Waals surface area contributed by atoms with Gasteiger partial charge in [-0.25, -0.2) is 4.79 Å². The molecular weight excluding hydrogens is 616 g/mol. The summed E-state index contributed by atoms with van der Waals surface area (Å²) in [6.07, 6.45) is 1.53. The summed E-state index contributed by atoms with van der Waals surface area (Å²) in [6, 6.07) is 7.83. The molecule has 0 spiro atoms. The van der Waals surface area contributed by atoms with Gasteiger partial charge in [-0.3, -0.25) is 19.3 Å². The number of esters is 1. The zero-order valence-corrected chi connectivity index (χ0v) is 22.6. The molecule has 12 heteroatoms. The van der Waals surface area contributed by atoms with Crippen LogP contribution in [0.25, 0.3) is 6.08 Å². The van der Waals surface area contributed by atoms with Gasteiger partial charge in [-0.2, -0.15) is 0 Å². The van der Waals surface area contributed by atoms with Crippen LogP contribution >= 0.6 is 55.2 Å². The average molecular weight is 633 g/mol. The van der Waals surface area contributed by atoms with E-state index in [1.165, 1.54) is 31.4 Å². The number of nitrogens with one attached hydrogen (secondary N) is 1. The highest BCUT2D eigenvalue weighted by Crippen LogP contribution is 2.38. The summed E-state index contributed by atoms with van der Waals surface area (Å²) >= 11 is 13.5. The highest BCUT2D eigenvalue weighted by atomic mass is 79.9. The Morgan fingerprint density at radius 3 is 2.62 bits per heavy atom. The lowest BCUT2D eigenvalue weighted by Crippen LogP contribution is -2.36. The van der Waals surface area contributed by atoms with Crippen molar-refractivity contribution in [2.75, 3.05) is 25.6 Å². The van der Waals surface area contributed by atoms with Crippen molar-refractivity contribution in [2.24, 2.45) is 0 Å². The third-order valence-electron chi connectivity index (χ3n) is 4.45. The Morgan fingerprint density at radius 2 is 1.94 bits per heavy atom. The Balaban J connectivity index is 1.75.